The number of methoxy groups -OCH3 is 1. The first kappa shape index (κ1) is 11.0. The molecule has 1 N–H and O–H groups in total. The molecule has 1 aliphatic carbocycles. The van der Waals surface area contributed by atoms with E-state index in [1.54, 1.807) is 0 Å². The van der Waals surface area contributed by atoms with Crippen LogP contribution in [-0.2, 0) is 10.2 Å². The van der Waals surface area contributed by atoms with Gasteiger partial charge in [0.25, 0.3) is 0 Å². The molecule has 0 aromatic heterocycles. The van der Waals surface area contributed by atoms with Crippen molar-refractivity contribution in [3.63, 3.8) is 0 Å². The van der Waals surface area contributed by atoms with Crippen LogP contribution in [0.25, 0.3) is 0 Å². The van der Waals surface area contributed by atoms with Crippen LogP contribution < -0.4 is 5.32 Å². The number of alkyl carbamates (subject to hydrolysis) is 1. The van der Waals surface area contributed by atoms with Crippen molar-refractivity contribution in [2.24, 2.45) is 0 Å². The number of rotatable bonds is 3. The second kappa shape index (κ2) is 4.16. The molecule has 0 saturated heterocycles. The number of aryl methyl sites for hydroxylation is 1. The van der Waals surface area contributed by atoms with Crippen LogP contribution in [-0.4, -0.2) is 19.7 Å². The molecule has 86 valence electrons. The molecule has 1 aliphatic rings. The summed E-state index contributed by atoms with van der Waals surface area (Å²) in [5.74, 6) is 0. The zero-order valence-electron chi connectivity index (χ0n) is 9.75. The van der Waals surface area contributed by atoms with E-state index < -0.39 is 0 Å². The molecule has 3 nitrogen and oxygen atoms in total. The lowest BCUT2D eigenvalue weighted by Gasteiger charge is -2.16. The number of nitrogens with one attached hydrogen (secondary N) is 1. The van der Waals surface area contributed by atoms with Gasteiger partial charge in [-0.15, -0.1) is 0 Å². The fraction of sp³-hybridized carbons (Fsp3) is 0.462. The van der Waals surface area contributed by atoms with E-state index in [0.29, 0.717) is 6.54 Å². The maximum Gasteiger partial charge on any atom is 0.406 e. The summed E-state index contributed by atoms with van der Waals surface area (Å²) in [4.78, 5) is 11.0. The largest absolute Gasteiger partial charge is 0.453 e. The molecule has 1 amide bonds. The Morgan fingerprint density at radius 1 is 1.38 bits per heavy atom. The van der Waals surface area contributed by atoms with Gasteiger partial charge in [0.15, 0.2) is 0 Å². The first-order valence-corrected chi connectivity index (χ1v) is 5.55. The number of amides is 1. The van der Waals surface area contributed by atoms with E-state index in [0.717, 1.165) is 12.8 Å². The van der Waals surface area contributed by atoms with Crippen LogP contribution in [0.5, 0.6) is 0 Å². The molecule has 16 heavy (non-hydrogen) atoms. The topological polar surface area (TPSA) is 38.3 Å². The van der Waals surface area contributed by atoms with Gasteiger partial charge < -0.3 is 10.1 Å². The Balaban J connectivity index is 2.02. The molecule has 1 aromatic rings. The minimum absolute atomic E-state index is 0.155. The average Bonchev–Trinajstić information content (AvgIpc) is 3.08. The predicted molar refractivity (Wildman–Crippen MR) is 62.5 cm³/mol. The van der Waals surface area contributed by atoms with Crippen LogP contribution in [0.4, 0.5) is 4.79 Å². The normalized spacial score (nSPS) is 16.6. The van der Waals surface area contributed by atoms with E-state index in [9.17, 15) is 4.79 Å². The fourth-order valence-electron chi connectivity index (χ4n) is 1.94. The summed E-state index contributed by atoms with van der Waals surface area (Å²) in [5.41, 5.74) is 2.73. The van der Waals surface area contributed by atoms with Gasteiger partial charge >= 0.3 is 6.09 Å². The second-order valence-electron chi connectivity index (χ2n) is 4.49. The third-order valence-corrected chi connectivity index (χ3v) is 3.27. The van der Waals surface area contributed by atoms with E-state index >= 15 is 0 Å². The quantitative estimate of drug-likeness (QED) is 0.847. The Morgan fingerprint density at radius 2 is 2.00 bits per heavy atom. The lowest BCUT2D eigenvalue weighted by Crippen LogP contribution is -2.32. The van der Waals surface area contributed by atoms with Gasteiger partial charge in [0.2, 0.25) is 0 Å². The van der Waals surface area contributed by atoms with Gasteiger partial charge in [0.1, 0.15) is 0 Å². The Morgan fingerprint density at radius 3 is 2.50 bits per heavy atom. The van der Waals surface area contributed by atoms with Crippen molar-refractivity contribution in [2.45, 2.75) is 25.2 Å². The summed E-state index contributed by atoms with van der Waals surface area (Å²) >= 11 is 0. The van der Waals surface area contributed by atoms with Crippen molar-refractivity contribution in [3.05, 3.63) is 35.4 Å². The number of hydrogen-bond donors (Lipinski definition) is 1. The molecule has 2 rings (SSSR count). The van der Waals surface area contributed by atoms with Crippen molar-refractivity contribution in [1.29, 1.82) is 0 Å². The van der Waals surface area contributed by atoms with Gasteiger partial charge in [0, 0.05) is 12.0 Å². The van der Waals surface area contributed by atoms with E-state index in [1.165, 1.54) is 18.2 Å². The van der Waals surface area contributed by atoms with Crippen molar-refractivity contribution in [3.8, 4) is 0 Å². The van der Waals surface area contributed by atoms with Gasteiger partial charge in [-0.3, -0.25) is 0 Å². The monoisotopic (exact) mass is 219 g/mol. The first-order chi connectivity index (χ1) is 7.66. The van der Waals surface area contributed by atoms with Gasteiger partial charge in [-0.05, 0) is 25.3 Å². The maximum absolute atomic E-state index is 11.0. The molecule has 1 fully saturated rings. The zero-order valence-corrected chi connectivity index (χ0v) is 9.75. The summed E-state index contributed by atoms with van der Waals surface area (Å²) < 4.78 is 4.58. The zero-order chi connectivity index (χ0) is 11.6. The Kier molecular flexibility index (Phi) is 2.86. The lowest BCUT2D eigenvalue weighted by molar-refractivity contribution is 0.170. The van der Waals surface area contributed by atoms with Crippen LogP contribution in [0.1, 0.15) is 24.0 Å². The van der Waals surface area contributed by atoms with Crippen molar-refractivity contribution in [1.82, 2.24) is 5.32 Å². The van der Waals surface area contributed by atoms with Crippen LogP contribution >= 0.6 is 0 Å². The Labute approximate surface area is 95.8 Å². The van der Waals surface area contributed by atoms with Crippen LogP contribution in [0, 0.1) is 6.92 Å². The average molecular weight is 219 g/mol. The Hall–Kier alpha value is -1.51. The predicted octanol–water partition coefficient (Wildman–Crippen LogP) is 2.38. The van der Waals surface area contributed by atoms with E-state index in [2.05, 4.69) is 41.2 Å². The van der Waals surface area contributed by atoms with Gasteiger partial charge in [-0.1, -0.05) is 29.8 Å². The molecule has 0 unspecified atom stereocenters. The molecular weight excluding hydrogens is 202 g/mol. The summed E-state index contributed by atoms with van der Waals surface area (Å²) in [6.07, 6.45) is 1.93. The molecule has 0 aliphatic heterocycles. The number of ether oxygens (including phenoxy) is 1. The summed E-state index contributed by atoms with van der Waals surface area (Å²) in [6, 6.07) is 8.55. The summed E-state index contributed by atoms with van der Waals surface area (Å²) in [5, 5.41) is 2.79. The molecule has 0 atom stereocenters. The van der Waals surface area contributed by atoms with Gasteiger partial charge in [-0.25, -0.2) is 4.79 Å². The number of carbonyl (C=O) groups is 1. The van der Waals surface area contributed by atoms with E-state index in [-0.39, 0.29) is 11.5 Å². The molecule has 3 heteroatoms. The standard InChI is InChI=1S/C13H17NO2/c1-10-3-5-11(6-4-10)13(7-8-13)9-14-12(15)16-2/h3-6H,7-9H2,1-2H3,(H,14,15). The van der Waals surface area contributed by atoms with Crippen molar-refractivity contribution in [2.75, 3.05) is 13.7 Å². The third kappa shape index (κ3) is 2.18. The van der Waals surface area contributed by atoms with Gasteiger partial charge in [-0.2, -0.15) is 0 Å². The van der Waals surface area contributed by atoms with Crippen LogP contribution in [0.15, 0.2) is 24.3 Å². The maximum atomic E-state index is 11.0. The highest BCUT2D eigenvalue weighted by atomic mass is 16.5. The van der Waals surface area contributed by atoms with E-state index in [4.69, 9.17) is 0 Å². The third-order valence-electron chi connectivity index (χ3n) is 3.27. The fourth-order valence-corrected chi connectivity index (χ4v) is 1.94. The highest BCUT2D eigenvalue weighted by molar-refractivity contribution is 5.67. The number of hydrogen-bond acceptors (Lipinski definition) is 2. The Bertz CT molecular complexity index is 379. The molecular formula is C13H17NO2. The highest BCUT2D eigenvalue weighted by Gasteiger charge is 2.44. The molecule has 0 spiro atoms. The SMILES string of the molecule is COC(=O)NCC1(c2ccc(C)cc2)CC1. The summed E-state index contributed by atoms with van der Waals surface area (Å²) in [7, 11) is 1.39. The minimum atomic E-state index is -0.349. The number of carbonyl (C=O) groups excluding carboxylic acids is 1. The van der Waals surface area contributed by atoms with Gasteiger partial charge in [0.05, 0.1) is 7.11 Å². The molecule has 0 radical (unpaired) electrons. The molecule has 1 aromatic carbocycles. The first-order valence-electron chi connectivity index (χ1n) is 5.55. The molecule has 0 bridgehead atoms. The number of benzene rings is 1. The highest BCUT2D eigenvalue weighted by Crippen LogP contribution is 2.47. The minimum Gasteiger partial charge on any atom is -0.453 e. The molecule has 1 saturated carbocycles. The summed E-state index contributed by atoms with van der Waals surface area (Å²) in [6.45, 7) is 2.75. The van der Waals surface area contributed by atoms with Crippen molar-refractivity contribution < 1.29 is 9.53 Å². The lowest BCUT2D eigenvalue weighted by atomic mass is 9.95. The smallest absolute Gasteiger partial charge is 0.406 e. The molecule has 0 heterocycles. The van der Waals surface area contributed by atoms with Crippen molar-refractivity contribution >= 4 is 6.09 Å². The second-order valence-corrected chi connectivity index (χ2v) is 4.49. The van der Waals surface area contributed by atoms with E-state index in [1.807, 2.05) is 0 Å². The van der Waals surface area contributed by atoms with Crippen LogP contribution in [0.2, 0.25) is 0 Å². The van der Waals surface area contributed by atoms with Crippen LogP contribution in [0.3, 0.4) is 0 Å².